The predicted molar refractivity (Wildman–Crippen MR) is 108 cm³/mol. The SMILES string of the molecule is COc1ccccc1O[C@H](C)C(=O)Nc1nonc1-c1ccc2c(c1)CCCC2. The van der Waals surface area contributed by atoms with Crippen LogP contribution < -0.4 is 14.8 Å². The fourth-order valence-electron chi connectivity index (χ4n) is 3.52. The molecule has 0 radical (unpaired) electrons. The lowest BCUT2D eigenvalue weighted by Crippen LogP contribution is -2.30. The van der Waals surface area contributed by atoms with Crippen LogP contribution in [-0.2, 0) is 17.6 Å². The quantitative estimate of drug-likeness (QED) is 0.680. The number of aromatic nitrogens is 2. The molecule has 3 aromatic rings. The van der Waals surface area contributed by atoms with Crippen molar-refractivity contribution in [3.05, 3.63) is 53.6 Å². The van der Waals surface area contributed by atoms with Gasteiger partial charge in [-0.1, -0.05) is 24.3 Å². The van der Waals surface area contributed by atoms with E-state index in [-0.39, 0.29) is 11.7 Å². The lowest BCUT2D eigenvalue weighted by atomic mass is 9.90. The van der Waals surface area contributed by atoms with E-state index in [1.807, 2.05) is 18.2 Å². The molecule has 1 atom stereocenters. The van der Waals surface area contributed by atoms with Crippen molar-refractivity contribution in [2.45, 2.75) is 38.7 Å². The Morgan fingerprint density at radius 2 is 1.83 bits per heavy atom. The molecule has 4 rings (SSSR count). The average molecular weight is 393 g/mol. The van der Waals surface area contributed by atoms with Gasteiger partial charge < -0.3 is 14.8 Å². The molecule has 1 heterocycles. The summed E-state index contributed by atoms with van der Waals surface area (Å²) in [5, 5.41) is 10.6. The highest BCUT2D eigenvalue weighted by Gasteiger charge is 2.22. The number of carbonyl (C=O) groups is 1. The molecule has 0 saturated carbocycles. The Labute approximate surface area is 169 Å². The number of carbonyl (C=O) groups excluding carboxylic acids is 1. The Bertz CT molecular complexity index is 1010. The summed E-state index contributed by atoms with van der Waals surface area (Å²) in [6.07, 6.45) is 3.81. The van der Waals surface area contributed by atoms with Gasteiger partial charge >= 0.3 is 0 Å². The van der Waals surface area contributed by atoms with E-state index in [0.717, 1.165) is 18.4 Å². The van der Waals surface area contributed by atoms with Crippen molar-refractivity contribution in [3.63, 3.8) is 0 Å². The normalized spacial score (nSPS) is 14.0. The first-order chi connectivity index (χ1) is 14.2. The summed E-state index contributed by atoms with van der Waals surface area (Å²) in [6, 6.07) is 13.4. The molecule has 2 aromatic carbocycles. The number of nitrogens with one attached hydrogen (secondary N) is 1. The molecule has 1 aliphatic rings. The molecular weight excluding hydrogens is 370 g/mol. The first-order valence-electron chi connectivity index (χ1n) is 9.71. The Balaban J connectivity index is 1.49. The number of fused-ring (bicyclic) bond motifs is 1. The van der Waals surface area contributed by atoms with Gasteiger partial charge in [0.15, 0.2) is 23.3 Å². The zero-order chi connectivity index (χ0) is 20.2. The molecule has 0 aliphatic heterocycles. The maximum Gasteiger partial charge on any atom is 0.266 e. The number of hydrogen-bond donors (Lipinski definition) is 1. The number of para-hydroxylation sites is 2. The minimum Gasteiger partial charge on any atom is -0.493 e. The van der Waals surface area contributed by atoms with E-state index in [2.05, 4.69) is 27.8 Å². The number of amides is 1. The summed E-state index contributed by atoms with van der Waals surface area (Å²) < 4.78 is 15.9. The maximum atomic E-state index is 12.6. The number of aryl methyl sites for hydroxylation is 2. The standard InChI is InChI=1S/C22H23N3O4/c1-14(28-19-10-6-5-9-18(19)27-2)22(26)23-21-20(24-29-25-21)17-12-11-15-7-3-4-8-16(15)13-17/h5-6,9-14H,3-4,7-8H2,1-2H3,(H,23,25,26)/t14-/m1/s1. The van der Waals surface area contributed by atoms with Crippen LogP contribution in [0.4, 0.5) is 5.82 Å². The molecule has 1 aliphatic carbocycles. The van der Waals surface area contributed by atoms with Gasteiger partial charge in [0.25, 0.3) is 5.91 Å². The van der Waals surface area contributed by atoms with E-state index in [1.54, 1.807) is 26.2 Å². The van der Waals surface area contributed by atoms with Gasteiger partial charge in [0.05, 0.1) is 7.11 Å². The summed E-state index contributed by atoms with van der Waals surface area (Å²) >= 11 is 0. The van der Waals surface area contributed by atoms with E-state index in [4.69, 9.17) is 14.1 Å². The number of methoxy groups -OCH3 is 1. The highest BCUT2D eigenvalue weighted by molar-refractivity contribution is 5.96. The average Bonchev–Trinajstić information content (AvgIpc) is 3.21. The van der Waals surface area contributed by atoms with Crippen LogP contribution in [0, 0.1) is 0 Å². The molecule has 0 fully saturated rings. The molecule has 1 aromatic heterocycles. The van der Waals surface area contributed by atoms with Crippen molar-refractivity contribution in [3.8, 4) is 22.8 Å². The summed E-state index contributed by atoms with van der Waals surface area (Å²) in [6.45, 7) is 1.66. The monoisotopic (exact) mass is 393 g/mol. The fraction of sp³-hybridized carbons (Fsp3) is 0.318. The van der Waals surface area contributed by atoms with Crippen LogP contribution in [0.15, 0.2) is 47.1 Å². The second kappa shape index (κ2) is 8.34. The number of rotatable bonds is 6. The van der Waals surface area contributed by atoms with Gasteiger partial charge in [-0.15, -0.1) is 0 Å². The highest BCUT2D eigenvalue weighted by atomic mass is 16.6. The lowest BCUT2D eigenvalue weighted by Gasteiger charge is -2.17. The Hall–Kier alpha value is -3.35. The molecule has 29 heavy (non-hydrogen) atoms. The molecule has 7 heteroatoms. The van der Waals surface area contributed by atoms with Crippen LogP contribution in [0.25, 0.3) is 11.3 Å². The van der Waals surface area contributed by atoms with Gasteiger partial charge in [0.2, 0.25) is 5.82 Å². The number of anilines is 1. The molecule has 150 valence electrons. The Morgan fingerprint density at radius 1 is 1.07 bits per heavy atom. The second-order valence-electron chi connectivity index (χ2n) is 7.05. The first kappa shape index (κ1) is 19.0. The smallest absolute Gasteiger partial charge is 0.266 e. The van der Waals surface area contributed by atoms with Crippen LogP contribution in [0.3, 0.4) is 0 Å². The zero-order valence-corrected chi connectivity index (χ0v) is 16.5. The molecule has 7 nitrogen and oxygen atoms in total. The van der Waals surface area contributed by atoms with Crippen LogP contribution in [0.5, 0.6) is 11.5 Å². The van der Waals surface area contributed by atoms with E-state index in [9.17, 15) is 4.79 Å². The summed E-state index contributed by atoms with van der Waals surface area (Å²) in [7, 11) is 1.55. The number of nitrogens with zero attached hydrogens (tertiary/aromatic N) is 2. The zero-order valence-electron chi connectivity index (χ0n) is 16.5. The number of hydrogen-bond acceptors (Lipinski definition) is 6. The van der Waals surface area contributed by atoms with E-state index >= 15 is 0 Å². The molecule has 0 unspecified atom stereocenters. The lowest BCUT2D eigenvalue weighted by molar-refractivity contribution is -0.122. The molecule has 0 spiro atoms. The fourth-order valence-corrected chi connectivity index (χ4v) is 3.52. The van der Waals surface area contributed by atoms with Gasteiger partial charge in [-0.2, -0.15) is 0 Å². The van der Waals surface area contributed by atoms with Crippen molar-refractivity contribution >= 4 is 11.7 Å². The summed E-state index contributed by atoms with van der Waals surface area (Å²) in [5.74, 6) is 0.975. The Morgan fingerprint density at radius 3 is 2.62 bits per heavy atom. The Kier molecular flexibility index (Phi) is 5.46. The predicted octanol–water partition coefficient (Wildman–Crippen LogP) is 4.03. The van der Waals surface area contributed by atoms with Crippen molar-refractivity contribution in [1.29, 1.82) is 0 Å². The largest absolute Gasteiger partial charge is 0.493 e. The third-order valence-electron chi connectivity index (χ3n) is 5.09. The maximum absolute atomic E-state index is 12.6. The van der Waals surface area contributed by atoms with Gasteiger partial charge in [-0.05, 0) is 72.2 Å². The van der Waals surface area contributed by atoms with E-state index < -0.39 is 6.10 Å². The van der Waals surface area contributed by atoms with Gasteiger partial charge in [-0.3, -0.25) is 4.79 Å². The van der Waals surface area contributed by atoms with Crippen LogP contribution in [-0.4, -0.2) is 29.4 Å². The van der Waals surface area contributed by atoms with Crippen molar-refractivity contribution in [1.82, 2.24) is 10.3 Å². The van der Waals surface area contributed by atoms with Gasteiger partial charge in [0.1, 0.15) is 0 Å². The number of ether oxygens (including phenoxy) is 2. The molecule has 0 bridgehead atoms. The molecule has 1 amide bonds. The number of benzene rings is 2. The van der Waals surface area contributed by atoms with Crippen LogP contribution in [0.1, 0.15) is 30.9 Å². The van der Waals surface area contributed by atoms with Crippen LogP contribution >= 0.6 is 0 Å². The van der Waals surface area contributed by atoms with Gasteiger partial charge in [-0.25, -0.2) is 4.63 Å². The van der Waals surface area contributed by atoms with Gasteiger partial charge in [0, 0.05) is 5.56 Å². The molecule has 0 saturated heterocycles. The molecular formula is C22H23N3O4. The van der Waals surface area contributed by atoms with Crippen LogP contribution in [0.2, 0.25) is 0 Å². The topological polar surface area (TPSA) is 86.5 Å². The second-order valence-corrected chi connectivity index (χ2v) is 7.05. The van der Waals surface area contributed by atoms with E-state index in [1.165, 1.54) is 24.0 Å². The third-order valence-corrected chi connectivity index (χ3v) is 5.09. The minimum absolute atomic E-state index is 0.279. The van der Waals surface area contributed by atoms with Crippen molar-refractivity contribution in [2.75, 3.05) is 12.4 Å². The summed E-state index contributed by atoms with van der Waals surface area (Å²) in [4.78, 5) is 12.6. The van der Waals surface area contributed by atoms with E-state index in [0.29, 0.717) is 17.2 Å². The van der Waals surface area contributed by atoms with Crippen molar-refractivity contribution < 1.29 is 18.9 Å². The first-order valence-corrected chi connectivity index (χ1v) is 9.71. The third kappa shape index (κ3) is 4.08. The van der Waals surface area contributed by atoms with Crippen molar-refractivity contribution in [2.24, 2.45) is 0 Å². The minimum atomic E-state index is -0.764. The highest BCUT2D eigenvalue weighted by Crippen LogP contribution is 2.30. The summed E-state index contributed by atoms with van der Waals surface area (Å²) in [5.41, 5.74) is 4.08. The molecule has 1 N–H and O–H groups in total.